The minimum atomic E-state index is -0.0498. The maximum Gasteiger partial charge on any atom is 0.121 e. The van der Waals surface area contributed by atoms with Gasteiger partial charge in [0.1, 0.15) is 5.75 Å². The van der Waals surface area contributed by atoms with E-state index in [1.165, 1.54) is 0 Å². The van der Waals surface area contributed by atoms with Gasteiger partial charge < -0.3 is 9.84 Å². The number of phenolic OH excluding ortho intramolecular Hbond substituents is 1. The third-order valence-corrected chi connectivity index (χ3v) is 2.06. The van der Waals surface area contributed by atoms with E-state index in [0.29, 0.717) is 5.75 Å². The standard InChI is InChI=1S/C10H14O2/c1-7-5-4-6-9(11)10(7)8(2)12-3/h4-6,8,11H,1-3H3. The summed E-state index contributed by atoms with van der Waals surface area (Å²) in [7, 11) is 1.64. The zero-order valence-corrected chi connectivity index (χ0v) is 7.66. The fraction of sp³-hybridized carbons (Fsp3) is 0.400. The highest BCUT2D eigenvalue weighted by Crippen LogP contribution is 2.28. The van der Waals surface area contributed by atoms with Crippen molar-refractivity contribution in [3.05, 3.63) is 29.3 Å². The zero-order chi connectivity index (χ0) is 9.14. The molecule has 0 aromatic heterocycles. The van der Waals surface area contributed by atoms with E-state index in [2.05, 4.69) is 0 Å². The average Bonchev–Trinajstić information content (AvgIpc) is 2.03. The van der Waals surface area contributed by atoms with Gasteiger partial charge in [0.2, 0.25) is 0 Å². The highest BCUT2D eigenvalue weighted by molar-refractivity contribution is 5.39. The molecule has 1 N–H and O–H groups in total. The molecule has 0 aliphatic heterocycles. The minimum absolute atomic E-state index is 0.0498. The zero-order valence-electron chi connectivity index (χ0n) is 7.66. The van der Waals surface area contributed by atoms with Gasteiger partial charge in [0, 0.05) is 12.7 Å². The van der Waals surface area contributed by atoms with E-state index < -0.39 is 0 Å². The maximum atomic E-state index is 9.51. The van der Waals surface area contributed by atoms with Crippen LogP contribution in [-0.4, -0.2) is 12.2 Å². The van der Waals surface area contributed by atoms with Gasteiger partial charge in [-0.1, -0.05) is 12.1 Å². The lowest BCUT2D eigenvalue weighted by Gasteiger charge is -2.14. The van der Waals surface area contributed by atoms with E-state index in [0.717, 1.165) is 11.1 Å². The van der Waals surface area contributed by atoms with Gasteiger partial charge in [0.15, 0.2) is 0 Å². The predicted octanol–water partition coefficient (Wildman–Crippen LogP) is 2.41. The van der Waals surface area contributed by atoms with Crippen molar-refractivity contribution in [1.82, 2.24) is 0 Å². The molecule has 1 aromatic carbocycles. The second-order valence-corrected chi connectivity index (χ2v) is 2.89. The van der Waals surface area contributed by atoms with Gasteiger partial charge in [0.25, 0.3) is 0 Å². The van der Waals surface area contributed by atoms with E-state index in [1.54, 1.807) is 13.2 Å². The molecular formula is C10H14O2. The van der Waals surface area contributed by atoms with Crippen LogP contribution in [0.4, 0.5) is 0 Å². The van der Waals surface area contributed by atoms with Crippen molar-refractivity contribution < 1.29 is 9.84 Å². The molecule has 12 heavy (non-hydrogen) atoms. The van der Waals surface area contributed by atoms with E-state index in [1.807, 2.05) is 26.0 Å². The maximum absolute atomic E-state index is 9.51. The number of rotatable bonds is 2. The average molecular weight is 166 g/mol. The van der Waals surface area contributed by atoms with Crippen LogP contribution in [0.25, 0.3) is 0 Å². The molecule has 66 valence electrons. The first kappa shape index (κ1) is 9.07. The molecule has 0 saturated carbocycles. The summed E-state index contributed by atoms with van der Waals surface area (Å²) in [5, 5.41) is 9.51. The molecule has 1 atom stereocenters. The summed E-state index contributed by atoms with van der Waals surface area (Å²) >= 11 is 0. The molecule has 0 bridgehead atoms. The quantitative estimate of drug-likeness (QED) is 0.731. The summed E-state index contributed by atoms with van der Waals surface area (Å²) in [6, 6.07) is 5.47. The Bertz CT molecular complexity index is 248. The summed E-state index contributed by atoms with van der Waals surface area (Å²) in [5.74, 6) is 0.310. The normalized spacial score (nSPS) is 12.9. The third kappa shape index (κ3) is 1.59. The van der Waals surface area contributed by atoms with Crippen molar-refractivity contribution in [2.75, 3.05) is 7.11 Å². The van der Waals surface area contributed by atoms with Crippen LogP contribution in [0.3, 0.4) is 0 Å². The van der Waals surface area contributed by atoms with E-state index in [-0.39, 0.29) is 6.10 Å². The predicted molar refractivity (Wildman–Crippen MR) is 48.3 cm³/mol. The summed E-state index contributed by atoms with van der Waals surface area (Å²) in [4.78, 5) is 0. The summed E-state index contributed by atoms with van der Waals surface area (Å²) < 4.78 is 5.14. The van der Waals surface area contributed by atoms with Crippen molar-refractivity contribution in [3.63, 3.8) is 0 Å². The SMILES string of the molecule is COC(C)c1c(C)cccc1O. The Morgan fingerprint density at radius 3 is 2.58 bits per heavy atom. The van der Waals surface area contributed by atoms with E-state index in [9.17, 15) is 5.11 Å². The highest BCUT2D eigenvalue weighted by Gasteiger charge is 2.11. The number of aryl methyl sites for hydroxylation is 1. The topological polar surface area (TPSA) is 29.5 Å². The summed E-state index contributed by atoms with van der Waals surface area (Å²) in [6.07, 6.45) is -0.0498. The molecule has 0 saturated heterocycles. The van der Waals surface area contributed by atoms with E-state index >= 15 is 0 Å². The van der Waals surface area contributed by atoms with Crippen LogP contribution in [0.15, 0.2) is 18.2 Å². The van der Waals surface area contributed by atoms with Crippen molar-refractivity contribution in [2.24, 2.45) is 0 Å². The number of benzene rings is 1. The van der Waals surface area contributed by atoms with Gasteiger partial charge in [-0.15, -0.1) is 0 Å². The van der Waals surface area contributed by atoms with Crippen LogP contribution in [-0.2, 0) is 4.74 Å². The molecule has 0 fully saturated rings. The van der Waals surface area contributed by atoms with Crippen molar-refractivity contribution in [1.29, 1.82) is 0 Å². The monoisotopic (exact) mass is 166 g/mol. The van der Waals surface area contributed by atoms with Gasteiger partial charge >= 0.3 is 0 Å². The Morgan fingerprint density at radius 2 is 2.08 bits per heavy atom. The van der Waals surface area contributed by atoms with Gasteiger partial charge in [-0.05, 0) is 25.5 Å². The largest absolute Gasteiger partial charge is 0.508 e. The Balaban J connectivity index is 3.12. The molecule has 2 heteroatoms. The summed E-state index contributed by atoms with van der Waals surface area (Å²) in [5.41, 5.74) is 1.93. The Kier molecular flexibility index (Phi) is 2.71. The second-order valence-electron chi connectivity index (χ2n) is 2.89. The van der Waals surface area contributed by atoms with Crippen LogP contribution in [0, 0.1) is 6.92 Å². The van der Waals surface area contributed by atoms with Crippen LogP contribution >= 0.6 is 0 Å². The molecule has 0 heterocycles. The third-order valence-electron chi connectivity index (χ3n) is 2.06. The molecule has 1 rings (SSSR count). The number of methoxy groups -OCH3 is 1. The minimum Gasteiger partial charge on any atom is -0.508 e. The Hall–Kier alpha value is -1.02. The lowest BCUT2D eigenvalue weighted by molar-refractivity contribution is 0.116. The number of hydrogen-bond acceptors (Lipinski definition) is 2. The molecule has 1 aromatic rings. The molecule has 1 unspecified atom stereocenters. The highest BCUT2D eigenvalue weighted by atomic mass is 16.5. The lowest BCUT2D eigenvalue weighted by atomic mass is 10.0. The first-order valence-electron chi connectivity index (χ1n) is 3.98. The number of hydrogen-bond donors (Lipinski definition) is 1. The summed E-state index contributed by atoms with van der Waals surface area (Å²) in [6.45, 7) is 3.88. The molecular weight excluding hydrogens is 152 g/mol. The number of ether oxygens (including phenoxy) is 1. The Morgan fingerprint density at radius 1 is 1.42 bits per heavy atom. The molecule has 0 radical (unpaired) electrons. The fourth-order valence-electron chi connectivity index (χ4n) is 1.31. The second kappa shape index (κ2) is 3.59. The first-order chi connectivity index (χ1) is 5.66. The van der Waals surface area contributed by atoms with Crippen LogP contribution in [0.1, 0.15) is 24.2 Å². The molecule has 0 spiro atoms. The van der Waals surface area contributed by atoms with Crippen LogP contribution in [0.2, 0.25) is 0 Å². The van der Waals surface area contributed by atoms with Gasteiger partial charge in [-0.3, -0.25) is 0 Å². The fourth-order valence-corrected chi connectivity index (χ4v) is 1.31. The van der Waals surface area contributed by atoms with Crippen LogP contribution < -0.4 is 0 Å². The lowest BCUT2D eigenvalue weighted by Crippen LogP contribution is -1.98. The number of aromatic hydroxyl groups is 1. The van der Waals surface area contributed by atoms with Crippen LogP contribution in [0.5, 0.6) is 5.75 Å². The molecule has 0 aliphatic carbocycles. The Labute approximate surface area is 72.8 Å². The molecule has 2 nitrogen and oxygen atoms in total. The van der Waals surface area contributed by atoms with Crippen molar-refractivity contribution in [2.45, 2.75) is 20.0 Å². The smallest absolute Gasteiger partial charge is 0.121 e. The molecule has 0 amide bonds. The van der Waals surface area contributed by atoms with Gasteiger partial charge in [-0.25, -0.2) is 0 Å². The molecule has 0 aliphatic rings. The van der Waals surface area contributed by atoms with Crippen molar-refractivity contribution >= 4 is 0 Å². The first-order valence-corrected chi connectivity index (χ1v) is 3.98. The number of phenols is 1. The van der Waals surface area contributed by atoms with E-state index in [4.69, 9.17) is 4.74 Å². The van der Waals surface area contributed by atoms with Gasteiger partial charge in [-0.2, -0.15) is 0 Å². The van der Waals surface area contributed by atoms with Crippen molar-refractivity contribution in [3.8, 4) is 5.75 Å². The van der Waals surface area contributed by atoms with Gasteiger partial charge in [0.05, 0.1) is 6.10 Å².